The Hall–Kier alpha value is -2.35. The van der Waals surface area contributed by atoms with Gasteiger partial charge in [0.25, 0.3) is 0 Å². The molecule has 5 heteroatoms. The van der Waals surface area contributed by atoms with Crippen molar-refractivity contribution in [3.63, 3.8) is 0 Å². The van der Waals surface area contributed by atoms with Gasteiger partial charge in [-0.05, 0) is 12.1 Å². The summed E-state index contributed by atoms with van der Waals surface area (Å²) in [5.41, 5.74) is 0.992. The molecule has 0 fully saturated rings. The van der Waals surface area contributed by atoms with Crippen molar-refractivity contribution in [2.75, 3.05) is 12.4 Å². The predicted octanol–water partition coefficient (Wildman–Crippen LogP) is 1.65. The van der Waals surface area contributed by atoms with Crippen LogP contribution in [0.25, 0.3) is 11.5 Å². The molecule has 5 nitrogen and oxygen atoms in total. The summed E-state index contributed by atoms with van der Waals surface area (Å²) in [6.45, 7) is 0. The minimum atomic E-state index is 0.247. The summed E-state index contributed by atoms with van der Waals surface area (Å²) in [4.78, 5) is 7.99. The van der Waals surface area contributed by atoms with Gasteiger partial charge >= 0.3 is 0 Å². The molecule has 0 spiro atoms. The first-order chi connectivity index (χ1) is 7.35. The second-order valence-corrected chi connectivity index (χ2v) is 2.80. The maximum absolute atomic E-state index is 8.78. The fourth-order valence-electron chi connectivity index (χ4n) is 1.18. The van der Waals surface area contributed by atoms with Crippen LogP contribution >= 0.6 is 0 Å². The van der Waals surface area contributed by atoms with Crippen molar-refractivity contribution >= 4 is 5.88 Å². The van der Waals surface area contributed by atoms with E-state index in [4.69, 9.17) is 9.68 Å². The zero-order chi connectivity index (χ0) is 10.7. The van der Waals surface area contributed by atoms with Crippen LogP contribution in [0.15, 0.2) is 28.9 Å². The lowest BCUT2D eigenvalue weighted by molar-refractivity contribution is 0.589. The van der Waals surface area contributed by atoms with Crippen LogP contribution in [-0.4, -0.2) is 17.0 Å². The first-order valence-corrected chi connectivity index (χ1v) is 4.34. The molecule has 0 aliphatic carbocycles. The number of nitriles is 1. The third-order valence-electron chi connectivity index (χ3n) is 1.87. The summed E-state index contributed by atoms with van der Waals surface area (Å²) < 4.78 is 5.36. The average Bonchev–Trinajstić information content (AvgIpc) is 2.73. The van der Waals surface area contributed by atoms with Crippen molar-refractivity contribution in [2.45, 2.75) is 0 Å². The topological polar surface area (TPSA) is 74.7 Å². The Bertz CT molecular complexity index is 498. The summed E-state index contributed by atoms with van der Waals surface area (Å²) in [6, 6.07) is 5.55. The fourth-order valence-corrected chi connectivity index (χ4v) is 1.18. The molecule has 0 radical (unpaired) electrons. The first-order valence-electron chi connectivity index (χ1n) is 4.34. The Morgan fingerprint density at radius 3 is 2.93 bits per heavy atom. The molecule has 0 aromatic carbocycles. The Kier molecular flexibility index (Phi) is 2.33. The third-order valence-corrected chi connectivity index (χ3v) is 1.87. The number of pyridine rings is 1. The normalized spacial score (nSPS) is 9.60. The Balaban J connectivity index is 2.48. The van der Waals surface area contributed by atoms with E-state index in [0.29, 0.717) is 11.8 Å². The molecule has 0 atom stereocenters. The van der Waals surface area contributed by atoms with E-state index in [1.54, 1.807) is 25.5 Å². The molecule has 0 amide bonds. The molecule has 74 valence electrons. The zero-order valence-electron chi connectivity index (χ0n) is 8.06. The monoisotopic (exact) mass is 200 g/mol. The number of rotatable bonds is 2. The fraction of sp³-hybridized carbons (Fsp3) is 0.100. The van der Waals surface area contributed by atoms with Gasteiger partial charge in [0.2, 0.25) is 17.5 Å². The summed E-state index contributed by atoms with van der Waals surface area (Å²) >= 11 is 0. The lowest BCUT2D eigenvalue weighted by atomic mass is 10.3. The molecule has 2 aromatic rings. The van der Waals surface area contributed by atoms with E-state index in [0.717, 1.165) is 5.56 Å². The number of oxazole rings is 1. The smallest absolute Gasteiger partial charge is 0.232 e. The summed E-state index contributed by atoms with van der Waals surface area (Å²) in [5, 5.41) is 11.5. The largest absolute Gasteiger partial charge is 0.419 e. The van der Waals surface area contributed by atoms with Crippen LogP contribution in [0.4, 0.5) is 5.88 Å². The van der Waals surface area contributed by atoms with Gasteiger partial charge < -0.3 is 9.73 Å². The minimum absolute atomic E-state index is 0.247. The summed E-state index contributed by atoms with van der Waals surface area (Å²) in [5.74, 6) is 0.764. The van der Waals surface area contributed by atoms with Gasteiger partial charge in [-0.1, -0.05) is 0 Å². The molecule has 0 saturated carbocycles. The molecule has 2 rings (SSSR count). The second-order valence-electron chi connectivity index (χ2n) is 2.80. The van der Waals surface area contributed by atoms with Gasteiger partial charge in [-0.15, -0.1) is 0 Å². The first kappa shape index (κ1) is 9.21. The van der Waals surface area contributed by atoms with Gasteiger partial charge in [-0.3, -0.25) is 4.98 Å². The van der Waals surface area contributed by atoms with Gasteiger partial charge in [0.15, 0.2) is 0 Å². The van der Waals surface area contributed by atoms with E-state index in [2.05, 4.69) is 15.3 Å². The summed E-state index contributed by atoms with van der Waals surface area (Å²) in [6.07, 6.45) is 3.29. The van der Waals surface area contributed by atoms with E-state index in [-0.39, 0.29) is 5.69 Å². The van der Waals surface area contributed by atoms with Crippen molar-refractivity contribution in [2.24, 2.45) is 0 Å². The van der Waals surface area contributed by atoms with E-state index in [1.165, 1.54) is 0 Å². The Labute approximate surface area is 86.4 Å². The number of nitrogens with one attached hydrogen (secondary N) is 1. The molecule has 0 unspecified atom stereocenters. The molecule has 2 heterocycles. The van der Waals surface area contributed by atoms with Gasteiger partial charge in [0, 0.05) is 19.4 Å². The van der Waals surface area contributed by atoms with Crippen molar-refractivity contribution in [1.29, 1.82) is 5.26 Å². The van der Waals surface area contributed by atoms with Crippen LogP contribution in [0, 0.1) is 11.3 Å². The molecule has 1 N–H and O–H groups in total. The van der Waals surface area contributed by atoms with E-state index in [1.807, 2.05) is 12.1 Å². The molecule has 0 aliphatic rings. The highest BCUT2D eigenvalue weighted by molar-refractivity contribution is 5.57. The van der Waals surface area contributed by atoms with Gasteiger partial charge in [-0.25, -0.2) is 0 Å². The van der Waals surface area contributed by atoms with Crippen LogP contribution in [0.5, 0.6) is 0 Å². The molecule has 0 bridgehead atoms. The van der Waals surface area contributed by atoms with Crippen molar-refractivity contribution in [1.82, 2.24) is 9.97 Å². The van der Waals surface area contributed by atoms with E-state index in [9.17, 15) is 0 Å². The van der Waals surface area contributed by atoms with Gasteiger partial charge in [0.05, 0.1) is 5.56 Å². The highest BCUT2D eigenvalue weighted by Crippen LogP contribution is 2.23. The quantitative estimate of drug-likeness (QED) is 0.797. The zero-order valence-corrected chi connectivity index (χ0v) is 8.06. The molecule has 2 aromatic heterocycles. The minimum Gasteiger partial charge on any atom is -0.419 e. The number of hydrogen-bond donors (Lipinski definition) is 1. The molecule has 0 aliphatic heterocycles. The lowest BCUT2D eigenvalue weighted by Gasteiger charge is -1.92. The van der Waals surface area contributed by atoms with Crippen molar-refractivity contribution in [3.8, 4) is 17.5 Å². The van der Waals surface area contributed by atoms with E-state index >= 15 is 0 Å². The molecular formula is C10H8N4O. The molecular weight excluding hydrogens is 192 g/mol. The number of aromatic nitrogens is 2. The second kappa shape index (κ2) is 3.80. The van der Waals surface area contributed by atoms with Crippen LogP contribution in [-0.2, 0) is 0 Å². The van der Waals surface area contributed by atoms with Crippen LogP contribution in [0.3, 0.4) is 0 Å². The highest BCUT2D eigenvalue weighted by Gasteiger charge is 2.12. The molecule has 0 saturated heterocycles. The number of hydrogen-bond acceptors (Lipinski definition) is 5. The average molecular weight is 200 g/mol. The highest BCUT2D eigenvalue weighted by atomic mass is 16.4. The predicted molar refractivity (Wildman–Crippen MR) is 54.0 cm³/mol. The SMILES string of the molecule is CNc1oc(-c2cccnc2)nc1C#N. The van der Waals surface area contributed by atoms with Crippen LogP contribution < -0.4 is 5.32 Å². The third kappa shape index (κ3) is 1.65. The number of anilines is 1. The molecule has 15 heavy (non-hydrogen) atoms. The summed E-state index contributed by atoms with van der Waals surface area (Å²) in [7, 11) is 1.67. The van der Waals surface area contributed by atoms with Crippen molar-refractivity contribution < 1.29 is 4.42 Å². The van der Waals surface area contributed by atoms with Crippen molar-refractivity contribution in [3.05, 3.63) is 30.2 Å². The Morgan fingerprint density at radius 1 is 1.53 bits per heavy atom. The van der Waals surface area contributed by atoms with Gasteiger partial charge in [-0.2, -0.15) is 10.2 Å². The van der Waals surface area contributed by atoms with Gasteiger partial charge in [0.1, 0.15) is 6.07 Å². The lowest BCUT2D eigenvalue weighted by Crippen LogP contribution is -1.87. The number of nitrogens with zero attached hydrogens (tertiary/aromatic N) is 3. The van der Waals surface area contributed by atoms with Crippen LogP contribution in [0.1, 0.15) is 5.69 Å². The van der Waals surface area contributed by atoms with Crippen LogP contribution in [0.2, 0.25) is 0 Å². The maximum atomic E-state index is 8.78. The maximum Gasteiger partial charge on any atom is 0.232 e. The standard InChI is InChI=1S/C10H8N4O/c1-12-10-8(5-11)14-9(15-10)7-3-2-4-13-6-7/h2-4,6,12H,1H3. The van der Waals surface area contributed by atoms with E-state index < -0.39 is 0 Å². The Morgan fingerprint density at radius 2 is 2.40 bits per heavy atom.